The highest BCUT2D eigenvalue weighted by molar-refractivity contribution is 5.91. The summed E-state index contributed by atoms with van der Waals surface area (Å²) in [6.45, 7) is 6.97. The van der Waals surface area contributed by atoms with E-state index in [1.807, 2.05) is 4.57 Å². The summed E-state index contributed by atoms with van der Waals surface area (Å²) in [6, 6.07) is 16.1. The molecule has 38 heavy (non-hydrogen) atoms. The van der Waals surface area contributed by atoms with E-state index in [1.165, 1.54) is 22.3 Å². The minimum absolute atomic E-state index is 0.310. The molecule has 1 saturated carbocycles. The molecule has 1 atom stereocenters. The molecule has 3 N–H and O–H groups in total. The van der Waals surface area contributed by atoms with Gasteiger partial charge in [-0.15, -0.1) is 0 Å². The number of aromatic hydroxyl groups is 1. The molecule has 8 heteroatoms. The zero-order chi connectivity index (χ0) is 26.0. The van der Waals surface area contributed by atoms with Gasteiger partial charge < -0.3 is 30.1 Å². The average molecular weight is 510 g/mol. The van der Waals surface area contributed by atoms with E-state index in [4.69, 9.17) is 5.73 Å². The molecule has 2 aromatic carbocycles. The third kappa shape index (κ3) is 4.13. The van der Waals surface area contributed by atoms with Crippen molar-refractivity contribution in [2.24, 2.45) is 0 Å². The summed E-state index contributed by atoms with van der Waals surface area (Å²) in [5.74, 6) is 2.54. The summed E-state index contributed by atoms with van der Waals surface area (Å²) in [6.07, 6.45) is 5.36. The third-order valence-electron chi connectivity index (χ3n) is 8.52. The van der Waals surface area contributed by atoms with Gasteiger partial charge in [0.2, 0.25) is 5.95 Å². The molecule has 2 aliphatic heterocycles. The lowest BCUT2D eigenvalue weighted by Gasteiger charge is -2.37. The fraction of sp³-hybridized carbons (Fsp3) is 0.400. The van der Waals surface area contributed by atoms with E-state index in [-0.39, 0.29) is 0 Å². The van der Waals surface area contributed by atoms with Crippen LogP contribution in [0.25, 0.3) is 21.9 Å². The highest BCUT2D eigenvalue weighted by atomic mass is 16.3. The van der Waals surface area contributed by atoms with Crippen molar-refractivity contribution in [3.63, 3.8) is 0 Å². The van der Waals surface area contributed by atoms with Gasteiger partial charge in [0, 0.05) is 67.8 Å². The minimum Gasteiger partial charge on any atom is -0.494 e. The Bertz CT molecular complexity index is 1520. The average Bonchev–Trinajstić information content (AvgIpc) is 3.71. The molecular weight excluding hydrogens is 474 g/mol. The molecule has 0 spiro atoms. The predicted octanol–water partition coefficient (Wildman–Crippen LogP) is 4.42. The summed E-state index contributed by atoms with van der Waals surface area (Å²) >= 11 is 0. The topological polar surface area (TPSA) is 86.7 Å². The number of benzene rings is 2. The molecule has 4 heterocycles. The Hall–Kier alpha value is -3.78. The molecule has 2 fully saturated rings. The lowest BCUT2D eigenvalue weighted by atomic mass is 9.91. The molecule has 2 aromatic heterocycles. The van der Waals surface area contributed by atoms with E-state index in [2.05, 4.69) is 87.3 Å². The van der Waals surface area contributed by atoms with Gasteiger partial charge in [0.1, 0.15) is 11.6 Å². The van der Waals surface area contributed by atoms with Crippen LogP contribution >= 0.6 is 0 Å². The van der Waals surface area contributed by atoms with Crippen LogP contribution in [0.3, 0.4) is 0 Å². The van der Waals surface area contributed by atoms with Crippen molar-refractivity contribution in [3.05, 3.63) is 59.8 Å². The van der Waals surface area contributed by atoms with Gasteiger partial charge in [-0.1, -0.05) is 18.2 Å². The van der Waals surface area contributed by atoms with Gasteiger partial charge in [0.05, 0.1) is 0 Å². The number of nitrogens with two attached hydrogens (primary N) is 1. The number of fused-ring (bicyclic) bond motifs is 2. The van der Waals surface area contributed by atoms with Crippen LogP contribution in [0.5, 0.6) is 5.88 Å². The predicted molar refractivity (Wildman–Crippen MR) is 153 cm³/mol. The van der Waals surface area contributed by atoms with Crippen LogP contribution in [0.4, 0.5) is 17.6 Å². The van der Waals surface area contributed by atoms with Gasteiger partial charge in [0.15, 0.2) is 5.88 Å². The first kappa shape index (κ1) is 23.3. The van der Waals surface area contributed by atoms with Crippen LogP contribution in [-0.4, -0.2) is 63.8 Å². The monoisotopic (exact) mass is 509 g/mol. The van der Waals surface area contributed by atoms with Gasteiger partial charge in [-0.3, -0.25) is 0 Å². The third-order valence-corrected chi connectivity index (χ3v) is 8.52. The Morgan fingerprint density at radius 3 is 2.42 bits per heavy atom. The van der Waals surface area contributed by atoms with Crippen molar-refractivity contribution in [2.45, 2.75) is 44.8 Å². The number of hydrogen-bond donors (Lipinski definition) is 2. The van der Waals surface area contributed by atoms with Gasteiger partial charge >= 0.3 is 0 Å². The first-order chi connectivity index (χ1) is 18.4. The highest BCUT2D eigenvalue weighted by Gasteiger charge is 2.28. The number of likely N-dealkylation sites (N-methyl/N-ethyl adjacent to an activating group) is 1. The van der Waals surface area contributed by atoms with Crippen molar-refractivity contribution < 1.29 is 5.11 Å². The van der Waals surface area contributed by atoms with Gasteiger partial charge in [-0.2, -0.15) is 9.97 Å². The number of nitrogens with zero attached hydrogens (tertiary/aromatic N) is 6. The first-order valence-electron chi connectivity index (χ1n) is 13.7. The molecule has 8 nitrogen and oxygen atoms in total. The van der Waals surface area contributed by atoms with Crippen LogP contribution in [0.2, 0.25) is 0 Å². The minimum atomic E-state index is 0.310. The lowest BCUT2D eigenvalue weighted by Crippen LogP contribution is -2.45. The molecular formula is C30H35N7O. The van der Waals surface area contributed by atoms with Gasteiger partial charge in [-0.25, -0.2) is 0 Å². The Morgan fingerprint density at radius 2 is 1.63 bits per heavy atom. The Kier molecular flexibility index (Phi) is 5.47. The SMILES string of the molecule is CC1Cc2ccc(-c3ccc4c(O)n(C5CC5)cc4c3)cc2CN1c1cc(N2CCN(C)CC2)nc(N)n1. The van der Waals surface area contributed by atoms with E-state index in [0.717, 1.165) is 74.4 Å². The fourth-order valence-corrected chi connectivity index (χ4v) is 6.04. The second-order valence-electron chi connectivity index (χ2n) is 11.3. The van der Waals surface area contributed by atoms with E-state index in [0.29, 0.717) is 23.9 Å². The zero-order valence-electron chi connectivity index (χ0n) is 22.1. The maximum atomic E-state index is 10.6. The number of rotatable bonds is 4. The number of hydrogen-bond acceptors (Lipinski definition) is 7. The number of piperazine rings is 1. The number of aromatic nitrogens is 3. The van der Waals surface area contributed by atoms with Crippen molar-refractivity contribution in [1.82, 2.24) is 19.4 Å². The van der Waals surface area contributed by atoms with Crippen molar-refractivity contribution in [2.75, 3.05) is 48.8 Å². The van der Waals surface area contributed by atoms with Gasteiger partial charge in [0.25, 0.3) is 0 Å². The number of anilines is 3. The maximum absolute atomic E-state index is 10.6. The van der Waals surface area contributed by atoms with Crippen molar-refractivity contribution in [1.29, 1.82) is 0 Å². The zero-order valence-corrected chi connectivity index (χ0v) is 22.1. The largest absolute Gasteiger partial charge is 0.494 e. The second kappa shape index (κ2) is 8.91. The molecule has 3 aliphatic rings. The van der Waals surface area contributed by atoms with Crippen LogP contribution in [0, 0.1) is 0 Å². The summed E-state index contributed by atoms with van der Waals surface area (Å²) in [4.78, 5) is 16.3. The maximum Gasteiger partial charge on any atom is 0.223 e. The van der Waals surface area contributed by atoms with E-state index >= 15 is 0 Å². The molecule has 0 bridgehead atoms. The summed E-state index contributed by atoms with van der Waals surface area (Å²) < 4.78 is 2.03. The Morgan fingerprint density at radius 1 is 0.895 bits per heavy atom. The molecule has 1 unspecified atom stereocenters. The Balaban J connectivity index is 1.18. The molecule has 7 rings (SSSR count). The van der Waals surface area contributed by atoms with Crippen LogP contribution in [0.15, 0.2) is 48.7 Å². The van der Waals surface area contributed by atoms with E-state index in [9.17, 15) is 5.11 Å². The summed E-state index contributed by atoms with van der Waals surface area (Å²) in [7, 11) is 2.16. The van der Waals surface area contributed by atoms with E-state index < -0.39 is 0 Å². The standard InChI is InChI=1S/C30H35N7O/c1-19-13-20-3-4-21(22-5-8-26-24(15-22)18-37(29(26)38)25-6-7-25)14-23(20)17-36(19)28-16-27(32-30(31)33-28)35-11-9-34(2)10-12-35/h3-5,8,14-16,18-19,25,38H,6-7,9-13,17H2,1-2H3,(H2,31,32,33). The van der Waals surface area contributed by atoms with E-state index in [1.54, 1.807) is 0 Å². The highest BCUT2D eigenvalue weighted by Crippen LogP contribution is 2.42. The van der Waals surface area contributed by atoms with Crippen LogP contribution < -0.4 is 15.5 Å². The summed E-state index contributed by atoms with van der Waals surface area (Å²) in [5.41, 5.74) is 11.3. The smallest absolute Gasteiger partial charge is 0.223 e. The lowest BCUT2D eigenvalue weighted by molar-refractivity contribution is 0.312. The molecule has 1 aliphatic carbocycles. The van der Waals surface area contributed by atoms with Crippen molar-refractivity contribution in [3.8, 4) is 17.0 Å². The Labute approximate surface area is 223 Å². The second-order valence-corrected chi connectivity index (χ2v) is 11.3. The summed E-state index contributed by atoms with van der Waals surface area (Å²) in [5, 5.41) is 12.7. The van der Waals surface area contributed by atoms with Crippen LogP contribution in [-0.2, 0) is 13.0 Å². The molecule has 196 valence electrons. The molecule has 0 radical (unpaired) electrons. The molecule has 4 aromatic rings. The fourth-order valence-electron chi connectivity index (χ4n) is 6.04. The quantitative estimate of drug-likeness (QED) is 0.421. The first-order valence-corrected chi connectivity index (χ1v) is 13.7. The van der Waals surface area contributed by atoms with Crippen LogP contribution in [0.1, 0.15) is 36.9 Å². The van der Waals surface area contributed by atoms with Crippen molar-refractivity contribution >= 4 is 28.4 Å². The molecule has 1 saturated heterocycles. The number of nitrogen functional groups attached to an aromatic ring is 1. The normalized spacial score (nSPS) is 20.2. The molecule has 0 amide bonds. The van der Waals surface area contributed by atoms with Gasteiger partial charge in [-0.05, 0) is 73.7 Å².